The number of sulfonamides is 1. The highest BCUT2D eigenvalue weighted by molar-refractivity contribution is 7.89. The van der Waals surface area contributed by atoms with E-state index in [2.05, 4.69) is 15.4 Å². The second-order valence-corrected chi connectivity index (χ2v) is 6.48. The summed E-state index contributed by atoms with van der Waals surface area (Å²) in [5, 5.41) is 5.84. The summed E-state index contributed by atoms with van der Waals surface area (Å²) in [6.07, 6.45) is 1.09. The van der Waals surface area contributed by atoms with Gasteiger partial charge in [0.25, 0.3) is 0 Å². The van der Waals surface area contributed by atoms with Crippen LogP contribution in [0.5, 0.6) is 0 Å². The van der Waals surface area contributed by atoms with Crippen molar-refractivity contribution in [3.8, 4) is 0 Å². The number of hydrogen-bond donors (Lipinski definition) is 3. The van der Waals surface area contributed by atoms with Crippen molar-refractivity contribution < 1.29 is 13.2 Å². The third-order valence-electron chi connectivity index (χ3n) is 3.06. The Morgan fingerprint density at radius 2 is 2.10 bits per heavy atom. The molecule has 1 atom stereocenters. The van der Waals surface area contributed by atoms with Crippen LogP contribution in [0.3, 0.4) is 0 Å². The Balaban J connectivity index is 2.19. The fourth-order valence-corrected chi connectivity index (χ4v) is 3.36. The summed E-state index contributed by atoms with van der Waals surface area (Å²) >= 11 is 0. The van der Waals surface area contributed by atoms with Gasteiger partial charge in [0.2, 0.25) is 15.9 Å². The van der Waals surface area contributed by atoms with Crippen molar-refractivity contribution in [2.24, 2.45) is 0 Å². The molecule has 1 aromatic rings. The first-order valence-electron chi connectivity index (χ1n) is 6.65. The quantitative estimate of drug-likeness (QED) is 0.720. The van der Waals surface area contributed by atoms with E-state index in [1.165, 1.54) is 0 Å². The minimum absolute atomic E-state index is 0.0213. The number of rotatable bonds is 6. The number of nitrogens with one attached hydrogen (secondary N) is 3. The first kappa shape index (κ1) is 14.8. The van der Waals surface area contributed by atoms with E-state index in [1.807, 2.05) is 6.92 Å². The predicted molar refractivity (Wildman–Crippen MR) is 77.0 cm³/mol. The highest BCUT2D eigenvalue weighted by atomic mass is 32.2. The molecule has 6 nitrogen and oxygen atoms in total. The fourth-order valence-electron chi connectivity index (χ4n) is 2.06. The first-order valence-corrected chi connectivity index (χ1v) is 8.13. The zero-order valence-electron chi connectivity index (χ0n) is 11.3. The number of benzene rings is 1. The van der Waals surface area contributed by atoms with Crippen LogP contribution in [0.2, 0.25) is 0 Å². The van der Waals surface area contributed by atoms with Gasteiger partial charge in [0.15, 0.2) is 0 Å². The van der Waals surface area contributed by atoms with Crippen molar-refractivity contribution in [3.63, 3.8) is 0 Å². The van der Waals surface area contributed by atoms with Crippen LogP contribution < -0.4 is 15.4 Å². The van der Waals surface area contributed by atoms with Crippen molar-refractivity contribution in [2.45, 2.75) is 30.7 Å². The molecular formula is C13H19N3O3S. The first-order chi connectivity index (χ1) is 9.53. The lowest BCUT2D eigenvalue weighted by atomic mass is 10.2. The van der Waals surface area contributed by atoms with E-state index in [9.17, 15) is 13.2 Å². The van der Waals surface area contributed by atoms with E-state index >= 15 is 0 Å². The van der Waals surface area contributed by atoms with Gasteiger partial charge in [0.05, 0.1) is 11.7 Å². The average molecular weight is 297 g/mol. The zero-order valence-corrected chi connectivity index (χ0v) is 12.2. The van der Waals surface area contributed by atoms with Crippen LogP contribution in [0.15, 0.2) is 29.2 Å². The highest BCUT2D eigenvalue weighted by Gasteiger charge is 2.24. The zero-order chi connectivity index (χ0) is 14.6. The van der Waals surface area contributed by atoms with Crippen molar-refractivity contribution in [1.82, 2.24) is 10.0 Å². The number of carbonyl (C=O) groups excluding carboxylic acids is 1. The Labute approximate surface area is 119 Å². The molecule has 110 valence electrons. The molecule has 7 heteroatoms. The lowest BCUT2D eigenvalue weighted by Crippen LogP contribution is -2.27. The third-order valence-corrected chi connectivity index (χ3v) is 4.57. The number of para-hydroxylation sites is 1. The maximum Gasteiger partial charge on any atom is 0.242 e. The fraction of sp³-hybridized carbons (Fsp3) is 0.462. The monoisotopic (exact) mass is 297 g/mol. The molecule has 0 radical (unpaired) electrons. The van der Waals surface area contributed by atoms with Gasteiger partial charge in [-0.25, -0.2) is 13.1 Å². The summed E-state index contributed by atoms with van der Waals surface area (Å²) in [4.78, 5) is 11.4. The molecule has 1 heterocycles. The summed E-state index contributed by atoms with van der Waals surface area (Å²) in [5.74, 6) is -0.0213. The van der Waals surface area contributed by atoms with Crippen molar-refractivity contribution in [2.75, 3.05) is 18.4 Å². The van der Waals surface area contributed by atoms with Crippen molar-refractivity contribution >= 4 is 21.6 Å². The molecule has 0 saturated carbocycles. The van der Waals surface area contributed by atoms with E-state index < -0.39 is 10.0 Å². The Bertz CT molecular complexity index is 586. The standard InChI is InChI=1S/C13H19N3O3S/c1-2-7-15-20(18,19)12-6-4-3-5-11(12)16-10-8-13(17)14-9-10/h3-6,10,15-16H,2,7-9H2,1H3,(H,14,17). The highest BCUT2D eigenvalue weighted by Crippen LogP contribution is 2.22. The van der Waals surface area contributed by atoms with Gasteiger partial charge in [0.1, 0.15) is 4.90 Å². The van der Waals surface area contributed by atoms with Crippen LogP contribution in [-0.4, -0.2) is 33.5 Å². The molecule has 2 rings (SSSR count). The van der Waals surface area contributed by atoms with Gasteiger partial charge in [-0.05, 0) is 18.6 Å². The molecule has 0 bridgehead atoms. The smallest absolute Gasteiger partial charge is 0.242 e. The lowest BCUT2D eigenvalue weighted by Gasteiger charge is -2.16. The van der Waals surface area contributed by atoms with E-state index in [1.54, 1.807) is 24.3 Å². The van der Waals surface area contributed by atoms with Gasteiger partial charge in [0, 0.05) is 19.5 Å². The van der Waals surface area contributed by atoms with Gasteiger partial charge < -0.3 is 10.6 Å². The molecule has 0 aliphatic carbocycles. The van der Waals surface area contributed by atoms with E-state index in [4.69, 9.17) is 0 Å². The Hall–Kier alpha value is -1.60. The second-order valence-electron chi connectivity index (χ2n) is 4.74. The summed E-state index contributed by atoms with van der Waals surface area (Å²) in [6.45, 7) is 2.82. The SMILES string of the molecule is CCCNS(=O)(=O)c1ccccc1NC1CNC(=O)C1. The van der Waals surface area contributed by atoms with E-state index in [0.717, 1.165) is 6.42 Å². The minimum Gasteiger partial charge on any atom is -0.379 e. The van der Waals surface area contributed by atoms with Crippen molar-refractivity contribution in [1.29, 1.82) is 0 Å². The number of anilines is 1. The summed E-state index contributed by atoms with van der Waals surface area (Å²) in [5.41, 5.74) is 0.526. The van der Waals surface area contributed by atoms with Crippen LogP contribution >= 0.6 is 0 Å². The Morgan fingerprint density at radius 3 is 2.75 bits per heavy atom. The van der Waals surface area contributed by atoms with Crippen LogP contribution in [0.25, 0.3) is 0 Å². The predicted octanol–water partition coefficient (Wildman–Crippen LogP) is 0.675. The largest absolute Gasteiger partial charge is 0.379 e. The number of amides is 1. The van der Waals surface area contributed by atoms with Gasteiger partial charge >= 0.3 is 0 Å². The van der Waals surface area contributed by atoms with E-state index in [0.29, 0.717) is 25.2 Å². The molecule has 3 N–H and O–H groups in total. The second kappa shape index (κ2) is 6.23. The molecular weight excluding hydrogens is 278 g/mol. The molecule has 0 spiro atoms. The summed E-state index contributed by atoms with van der Waals surface area (Å²) in [6, 6.07) is 6.65. The normalized spacial score (nSPS) is 18.9. The van der Waals surface area contributed by atoms with Crippen LogP contribution in [0, 0.1) is 0 Å². The topological polar surface area (TPSA) is 87.3 Å². The van der Waals surface area contributed by atoms with Gasteiger partial charge in [-0.15, -0.1) is 0 Å². The molecule has 1 aliphatic heterocycles. The lowest BCUT2D eigenvalue weighted by molar-refractivity contribution is -0.119. The molecule has 1 fully saturated rings. The van der Waals surface area contributed by atoms with Crippen LogP contribution in [0.4, 0.5) is 5.69 Å². The Morgan fingerprint density at radius 1 is 1.35 bits per heavy atom. The minimum atomic E-state index is -3.53. The molecule has 1 aliphatic rings. The number of carbonyl (C=O) groups is 1. The Kier molecular flexibility index (Phi) is 4.61. The van der Waals surface area contributed by atoms with Gasteiger partial charge in [-0.3, -0.25) is 4.79 Å². The van der Waals surface area contributed by atoms with Crippen molar-refractivity contribution in [3.05, 3.63) is 24.3 Å². The summed E-state index contributed by atoms with van der Waals surface area (Å²) < 4.78 is 27.0. The molecule has 1 unspecified atom stereocenters. The van der Waals surface area contributed by atoms with Gasteiger partial charge in [-0.2, -0.15) is 0 Å². The molecule has 1 saturated heterocycles. The molecule has 1 amide bonds. The summed E-state index contributed by atoms with van der Waals surface area (Å²) in [7, 11) is -3.53. The van der Waals surface area contributed by atoms with E-state index in [-0.39, 0.29) is 16.8 Å². The molecule has 0 aromatic heterocycles. The van der Waals surface area contributed by atoms with Crippen LogP contribution in [0.1, 0.15) is 19.8 Å². The molecule has 1 aromatic carbocycles. The molecule has 20 heavy (non-hydrogen) atoms. The average Bonchev–Trinajstić information content (AvgIpc) is 2.82. The van der Waals surface area contributed by atoms with Crippen LogP contribution in [-0.2, 0) is 14.8 Å². The maximum atomic E-state index is 12.2. The number of hydrogen-bond acceptors (Lipinski definition) is 4. The maximum absolute atomic E-state index is 12.2. The third kappa shape index (κ3) is 3.49. The van der Waals surface area contributed by atoms with Gasteiger partial charge in [-0.1, -0.05) is 19.1 Å².